The number of hydrogen-bond acceptors (Lipinski definition) is 3. The summed E-state index contributed by atoms with van der Waals surface area (Å²) >= 11 is 0. The number of methoxy groups -OCH3 is 1. The van der Waals surface area contributed by atoms with Crippen molar-refractivity contribution in [2.75, 3.05) is 26.7 Å². The number of nitrogens with two attached hydrogens (primary N) is 1. The lowest BCUT2D eigenvalue weighted by Gasteiger charge is -2.34. The van der Waals surface area contributed by atoms with E-state index in [0.29, 0.717) is 18.4 Å². The maximum Gasteiger partial charge on any atom is 0.226 e. The highest BCUT2D eigenvalue weighted by Crippen LogP contribution is 2.33. The Morgan fingerprint density at radius 1 is 1.33 bits per heavy atom. The molecule has 2 fully saturated rings. The monoisotopic (exact) mass is 276 g/mol. The molecule has 0 aromatic carbocycles. The molecule has 2 rings (SSSR count). The Morgan fingerprint density at radius 3 is 2.78 bits per heavy atom. The molecule has 1 unspecified atom stereocenters. The second-order valence-corrected chi connectivity index (χ2v) is 5.32. The van der Waals surface area contributed by atoms with Crippen LogP contribution in [0.4, 0.5) is 0 Å². The van der Waals surface area contributed by atoms with Crippen molar-refractivity contribution >= 4 is 18.3 Å². The van der Waals surface area contributed by atoms with Crippen molar-refractivity contribution in [3.8, 4) is 0 Å². The van der Waals surface area contributed by atoms with Crippen molar-refractivity contribution in [3.63, 3.8) is 0 Å². The van der Waals surface area contributed by atoms with Gasteiger partial charge in [-0.1, -0.05) is 6.42 Å². The van der Waals surface area contributed by atoms with Gasteiger partial charge in [0.25, 0.3) is 0 Å². The molecule has 1 heterocycles. The van der Waals surface area contributed by atoms with Crippen molar-refractivity contribution < 1.29 is 9.53 Å². The first-order valence-corrected chi connectivity index (χ1v) is 6.78. The zero-order valence-electron chi connectivity index (χ0n) is 11.1. The summed E-state index contributed by atoms with van der Waals surface area (Å²) in [5.41, 5.74) is 5.75. The highest BCUT2D eigenvalue weighted by Gasteiger charge is 2.36. The van der Waals surface area contributed by atoms with Crippen molar-refractivity contribution in [2.45, 2.75) is 38.2 Å². The zero-order chi connectivity index (χ0) is 12.3. The van der Waals surface area contributed by atoms with Crippen LogP contribution in [0.2, 0.25) is 0 Å². The summed E-state index contributed by atoms with van der Waals surface area (Å²) in [6.45, 7) is 2.31. The van der Waals surface area contributed by atoms with Crippen LogP contribution in [0.15, 0.2) is 0 Å². The molecule has 2 aliphatic rings. The molecule has 1 amide bonds. The van der Waals surface area contributed by atoms with Crippen molar-refractivity contribution in [1.29, 1.82) is 0 Å². The maximum absolute atomic E-state index is 12.4. The SMILES string of the molecule is COC1CCCN(C(=O)[C@@H]2CCC[C@@H]2CN)C1.Cl. The average molecular weight is 277 g/mol. The van der Waals surface area contributed by atoms with E-state index in [2.05, 4.69) is 0 Å². The van der Waals surface area contributed by atoms with Gasteiger partial charge < -0.3 is 15.4 Å². The van der Waals surface area contributed by atoms with Crippen LogP contribution in [-0.4, -0.2) is 43.7 Å². The van der Waals surface area contributed by atoms with E-state index < -0.39 is 0 Å². The van der Waals surface area contributed by atoms with E-state index in [9.17, 15) is 4.79 Å². The summed E-state index contributed by atoms with van der Waals surface area (Å²) < 4.78 is 5.37. The summed E-state index contributed by atoms with van der Waals surface area (Å²) in [7, 11) is 1.73. The van der Waals surface area contributed by atoms with Gasteiger partial charge in [-0.25, -0.2) is 0 Å². The second kappa shape index (κ2) is 7.31. The molecule has 2 N–H and O–H groups in total. The Morgan fingerprint density at radius 2 is 2.11 bits per heavy atom. The topological polar surface area (TPSA) is 55.6 Å². The summed E-state index contributed by atoms with van der Waals surface area (Å²) in [6, 6.07) is 0. The molecule has 0 bridgehead atoms. The Hall–Kier alpha value is -0.320. The van der Waals surface area contributed by atoms with Crippen molar-refractivity contribution in [2.24, 2.45) is 17.6 Å². The minimum Gasteiger partial charge on any atom is -0.380 e. The number of piperidine rings is 1. The van der Waals surface area contributed by atoms with Crippen LogP contribution in [0.3, 0.4) is 0 Å². The fourth-order valence-corrected chi connectivity index (χ4v) is 3.21. The predicted molar refractivity (Wildman–Crippen MR) is 73.7 cm³/mol. The van der Waals surface area contributed by atoms with E-state index in [0.717, 1.165) is 45.2 Å². The molecule has 4 nitrogen and oxygen atoms in total. The van der Waals surface area contributed by atoms with Crippen LogP contribution < -0.4 is 5.73 Å². The third-order valence-corrected chi connectivity index (χ3v) is 4.30. The number of nitrogens with zero attached hydrogens (tertiary/aromatic N) is 1. The van der Waals surface area contributed by atoms with Crippen LogP contribution in [0.5, 0.6) is 0 Å². The molecular formula is C13H25ClN2O2. The van der Waals surface area contributed by atoms with Gasteiger partial charge in [0.05, 0.1) is 6.10 Å². The van der Waals surface area contributed by atoms with E-state index in [4.69, 9.17) is 10.5 Å². The fraction of sp³-hybridized carbons (Fsp3) is 0.923. The lowest BCUT2D eigenvalue weighted by Crippen LogP contribution is -2.46. The normalized spacial score (nSPS) is 32.1. The van der Waals surface area contributed by atoms with E-state index >= 15 is 0 Å². The van der Waals surface area contributed by atoms with Gasteiger partial charge in [0.15, 0.2) is 0 Å². The number of hydrogen-bond donors (Lipinski definition) is 1. The summed E-state index contributed by atoms with van der Waals surface area (Å²) in [5.74, 6) is 0.903. The molecular weight excluding hydrogens is 252 g/mol. The van der Waals surface area contributed by atoms with Gasteiger partial charge in [-0.15, -0.1) is 12.4 Å². The molecule has 3 atom stereocenters. The van der Waals surface area contributed by atoms with E-state index in [-0.39, 0.29) is 24.4 Å². The number of rotatable bonds is 3. The highest BCUT2D eigenvalue weighted by atomic mass is 35.5. The molecule has 1 aliphatic heterocycles. The first-order valence-electron chi connectivity index (χ1n) is 6.78. The number of carbonyl (C=O) groups excluding carboxylic acids is 1. The third kappa shape index (κ3) is 3.37. The molecule has 1 saturated heterocycles. The van der Waals surface area contributed by atoms with E-state index in [1.807, 2.05) is 4.90 Å². The molecule has 18 heavy (non-hydrogen) atoms. The lowest BCUT2D eigenvalue weighted by molar-refractivity contribution is -0.140. The van der Waals surface area contributed by atoms with Gasteiger partial charge in [-0.05, 0) is 38.1 Å². The second-order valence-electron chi connectivity index (χ2n) is 5.32. The predicted octanol–water partition coefficient (Wildman–Crippen LogP) is 1.42. The highest BCUT2D eigenvalue weighted by molar-refractivity contribution is 5.85. The molecule has 0 aromatic rings. The van der Waals surface area contributed by atoms with E-state index in [1.54, 1.807) is 7.11 Å². The van der Waals surface area contributed by atoms with Crippen molar-refractivity contribution in [1.82, 2.24) is 4.90 Å². The van der Waals surface area contributed by atoms with Crippen LogP contribution >= 0.6 is 12.4 Å². The van der Waals surface area contributed by atoms with Gasteiger partial charge in [0.2, 0.25) is 5.91 Å². The molecule has 1 saturated carbocycles. The standard InChI is InChI=1S/C13H24N2O2.ClH/c1-17-11-5-3-7-15(9-11)13(16)12-6-2-4-10(12)8-14;/h10-12H,2-9,14H2,1H3;1H/t10-,11?,12-;/m1./s1. The maximum atomic E-state index is 12.4. The summed E-state index contributed by atoms with van der Waals surface area (Å²) in [5, 5.41) is 0. The van der Waals surface area contributed by atoms with E-state index in [1.165, 1.54) is 0 Å². The smallest absolute Gasteiger partial charge is 0.226 e. The lowest BCUT2D eigenvalue weighted by atomic mass is 9.93. The van der Waals surface area contributed by atoms with Gasteiger partial charge in [-0.3, -0.25) is 4.79 Å². The fourth-order valence-electron chi connectivity index (χ4n) is 3.21. The minimum absolute atomic E-state index is 0. The number of amides is 1. The Kier molecular flexibility index (Phi) is 6.39. The summed E-state index contributed by atoms with van der Waals surface area (Å²) in [6.07, 6.45) is 5.66. The van der Waals surface area contributed by atoms with Crippen molar-refractivity contribution in [3.05, 3.63) is 0 Å². The molecule has 5 heteroatoms. The number of carbonyl (C=O) groups is 1. The van der Waals surface area contributed by atoms with Gasteiger partial charge in [-0.2, -0.15) is 0 Å². The van der Waals surface area contributed by atoms with Crippen LogP contribution in [0.1, 0.15) is 32.1 Å². The van der Waals surface area contributed by atoms with Gasteiger partial charge in [0, 0.05) is 26.1 Å². The largest absolute Gasteiger partial charge is 0.380 e. The minimum atomic E-state index is 0. The quantitative estimate of drug-likeness (QED) is 0.848. The molecule has 0 radical (unpaired) electrons. The third-order valence-electron chi connectivity index (χ3n) is 4.30. The molecule has 106 valence electrons. The average Bonchev–Trinajstić information content (AvgIpc) is 2.86. The molecule has 1 aliphatic carbocycles. The van der Waals surface area contributed by atoms with Crippen LogP contribution in [0, 0.1) is 11.8 Å². The summed E-state index contributed by atoms with van der Waals surface area (Å²) in [4.78, 5) is 14.4. The van der Waals surface area contributed by atoms with Gasteiger partial charge >= 0.3 is 0 Å². The zero-order valence-corrected chi connectivity index (χ0v) is 12.0. The Labute approximate surface area is 116 Å². The number of halogens is 1. The number of likely N-dealkylation sites (tertiary alicyclic amines) is 1. The number of ether oxygens (including phenoxy) is 1. The van der Waals surface area contributed by atoms with Gasteiger partial charge in [0.1, 0.15) is 0 Å². The van der Waals surface area contributed by atoms with Crippen LogP contribution in [0.25, 0.3) is 0 Å². The first kappa shape index (κ1) is 15.7. The molecule has 0 spiro atoms. The Balaban J connectivity index is 0.00000162. The molecule has 0 aromatic heterocycles. The first-order chi connectivity index (χ1) is 8.26. The van der Waals surface area contributed by atoms with Crippen LogP contribution in [-0.2, 0) is 9.53 Å². The Bertz CT molecular complexity index is 276.